The Bertz CT molecular complexity index is 1450. The fraction of sp³-hybridized carbons (Fsp3) is 0.312. The molecule has 0 saturated heterocycles. The lowest BCUT2D eigenvalue weighted by molar-refractivity contribution is -0.139. The summed E-state index contributed by atoms with van der Waals surface area (Å²) in [4.78, 5) is 24.0. The normalized spacial score (nSPS) is 11.9. The zero-order valence-corrected chi connectivity index (χ0v) is 22.6. The fourth-order valence-corrected chi connectivity index (χ4v) is 4.86. The first-order chi connectivity index (χ1) is 18.3. The highest BCUT2D eigenvalue weighted by atomic mass is 16.5. The average Bonchev–Trinajstić information content (AvgIpc) is 3.15. The van der Waals surface area contributed by atoms with Crippen molar-refractivity contribution >= 4 is 22.8 Å². The highest BCUT2D eigenvalue weighted by Crippen LogP contribution is 2.29. The van der Waals surface area contributed by atoms with Gasteiger partial charge in [-0.05, 0) is 79.6 Å². The Kier molecular flexibility index (Phi) is 8.52. The predicted octanol–water partition coefficient (Wildman–Crippen LogP) is 6.37. The second kappa shape index (κ2) is 12.0. The summed E-state index contributed by atoms with van der Waals surface area (Å²) in [7, 11) is 2.01. The first-order valence-electron chi connectivity index (χ1n) is 13.2. The molecule has 3 aromatic carbocycles. The molecule has 0 aliphatic rings. The molecule has 0 fully saturated rings. The monoisotopic (exact) mass is 512 g/mol. The van der Waals surface area contributed by atoms with Crippen molar-refractivity contribution in [2.75, 3.05) is 6.61 Å². The molecular formula is C32H36N2O4. The topological polar surface area (TPSA) is 80.6 Å². The molecule has 4 aromatic rings. The van der Waals surface area contributed by atoms with E-state index in [1.165, 1.54) is 11.1 Å². The maximum atomic E-state index is 13.2. The number of benzene rings is 3. The van der Waals surface area contributed by atoms with Crippen LogP contribution in [0.1, 0.15) is 71.0 Å². The second-order valence-corrected chi connectivity index (χ2v) is 9.91. The number of carbonyl (C=O) groups is 2. The number of ether oxygens (including phenoxy) is 1. The van der Waals surface area contributed by atoms with E-state index in [1.807, 2.05) is 50.4 Å². The van der Waals surface area contributed by atoms with Gasteiger partial charge in [0.2, 0.25) is 0 Å². The number of hydrogen-bond donors (Lipinski definition) is 2. The van der Waals surface area contributed by atoms with Gasteiger partial charge in [-0.3, -0.25) is 4.79 Å². The van der Waals surface area contributed by atoms with Gasteiger partial charge in [-0.1, -0.05) is 55.8 Å². The summed E-state index contributed by atoms with van der Waals surface area (Å²) in [6.45, 7) is 5.92. The minimum atomic E-state index is -1.00. The Labute approximate surface area is 224 Å². The number of hydrogen-bond acceptors (Lipinski definition) is 3. The molecule has 1 amide bonds. The molecule has 1 atom stereocenters. The maximum absolute atomic E-state index is 13.2. The molecule has 0 radical (unpaired) electrons. The third-order valence-corrected chi connectivity index (χ3v) is 7.15. The zero-order chi connectivity index (χ0) is 27.2. The molecule has 6 heteroatoms. The van der Waals surface area contributed by atoms with Gasteiger partial charge in [0.1, 0.15) is 5.75 Å². The summed E-state index contributed by atoms with van der Waals surface area (Å²) in [6.07, 6.45) is 4.04. The quantitative estimate of drug-likeness (QED) is 0.245. The number of carboxylic acid groups (broad SMARTS) is 1. The Morgan fingerprint density at radius 3 is 2.55 bits per heavy atom. The third-order valence-electron chi connectivity index (χ3n) is 7.15. The molecule has 1 heterocycles. The van der Waals surface area contributed by atoms with Crippen molar-refractivity contribution in [2.24, 2.45) is 7.05 Å². The van der Waals surface area contributed by atoms with Crippen LogP contribution in [0.25, 0.3) is 10.9 Å². The molecule has 0 spiro atoms. The molecule has 0 aliphatic heterocycles. The lowest BCUT2D eigenvalue weighted by Gasteiger charge is -2.16. The van der Waals surface area contributed by atoms with Gasteiger partial charge in [0.25, 0.3) is 5.91 Å². The largest absolute Gasteiger partial charge is 0.482 e. The first-order valence-corrected chi connectivity index (χ1v) is 13.2. The molecule has 198 valence electrons. The van der Waals surface area contributed by atoms with Crippen LogP contribution in [0.4, 0.5) is 0 Å². The van der Waals surface area contributed by atoms with Crippen molar-refractivity contribution in [1.29, 1.82) is 0 Å². The van der Waals surface area contributed by atoms with Crippen LogP contribution in [0.15, 0.2) is 66.7 Å². The highest BCUT2D eigenvalue weighted by Gasteiger charge is 2.17. The zero-order valence-electron chi connectivity index (χ0n) is 22.6. The van der Waals surface area contributed by atoms with Crippen molar-refractivity contribution in [3.8, 4) is 5.75 Å². The summed E-state index contributed by atoms with van der Waals surface area (Å²) < 4.78 is 7.47. The Hall–Kier alpha value is -4.06. The second-order valence-electron chi connectivity index (χ2n) is 9.91. The van der Waals surface area contributed by atoms with E-state index in [0.717, 1.165) is 47.0 Å². The van der Waals surface area contributed by atoms with Crippen LogP contribution in [-0.4, -0.2) is 28.2 Å². The van der Waals surface area contributed by atoms with Gasteiger partial charge in [-0.25, -0.2) is 4.79 Å². The Morgan fingerprint density at radius 1 is 1.03 bits per heavy atom. The summed E-state index contributed by atoms with van der Waals surface area (Å²) in [5, 5.41) is 13.1. The Morgan fingerprint density at radius 2 is 1.79 bits per heavy atom. The molecule has 0 unspecified atom stereocenters. The lowest BCUT2D eigenvalue weighted by atomic mass is 10.0. The molecule has 2 N–H and O–H groups in total. The van der Waals surface area contributed by atoms with Gasteiger partial charge in [0, 0.05) is 29.2 Å². The van der Waals surface area contributed by atoms with Crippen molar-refractivity contribution in [1.82, 2.24) is 9.88 Å². The van der Waals surface area contributed by atoms with E-state index in [-0.39, 0.29) is 18.6 Å². The number of carboxylic acids is 1. The SMILES string of the molecule is CCCCc1cccc([C@H](C)NC(=O)c2ccc3c(Cc4cccc(OCC(=O)O)c4)c(C)n(C)c3c2)c1. The van der Waals surface area contributed by atoms with Crippen molar-refractivity contribution < 1.29 is 19.4 Å². The van der Waals surface area contributed by atoms with E-state index in [2.05, 4.69) is 48.0 Å². The van der Waals surface area contributed by atoms with Crippen LogP contribution >= 0.6 is 0 Å². The van der Waals surface area contributed by atoms with Gasteiger partial charge < -0.3 is 19.7 Å². The maximum Gasteiger partial charge on any atom is 0.341 e. The van der Waals surface area contributed by atoms with Gasteiger partial charge >= 0.3 is 5.97 Å². The first kappa shape index (κ1) is 27.0. The van der Waals surface area contributed by atoms with Crippen molar-refractivity contribution in [3.05, 3.63) is 100 Å². The number of rotatable bonds is 11. The molecule has 0 aliphatic carbocycles. The molecule has 4 rings (SSSR count). The van der Waals surface area contributed by atoms with Gasteiger partial charge in [-0.15, -0.1) is 0 Å². The van der Waals surface area contributed by atoms with Crippen molar-refractivity contribution in [2.45, 2.75) is 52.5 Å². The van der Waals surface area contributed by atoms with Crippen LogP contribution in [-0.2, 0) is 24.7 Å². The van der Waals surface area contributed by atoms with E-state index < -0.39 is 5.97 Å². The summed E-state index contributed by atoms with van der Waals surface area (Å²) >= 11 is 0. The number of aryl methyl sites for hydroxylation is 2. The minimum Gasteiger partial charge on any atom is -0.482 e. The standard InChI is InChI=1S/C32H36N2O4/c1-5-6-9-23-10-7-12-25(16-23)21(2)33-32(37)26-14-15-28-29(22(3)34(4)30(28)19-26)18-24-11-8-13-27(17-24)38-20-31(35)36/h7-8,10-17,19,21H,5-6,9,18,20H2,1-4H3,(H,33,37)(H,35,36)/t21-/m0/s1. The molecule has 0 saturated carbocycles. The van der Waals surface area contributed by atoms with Crippen molar-refractivity contribution in [3.63, 3.8) is 0 Å². The third kappa shape index (κ3) is 6.25. The fourth-order valence-electron chi connectivity index (χ4n) is 4.86. The number of unbranched alkanes of at least 4 members (excludes halogenated alkanes) is 1. The Balaban J connectivity index is 1.53. The number of amides is 1. The van der Waals surface area contributed by atoms with E-state index in [0.29, 0.717) is 17.7 Å². The number of aromatic nitrogens is 1. The molecule has 6 nitrogen and oxygen atoms in total. The molecule has 0 bridgehead atoms. The average molecular weight is 513 g/mol. The summed E-state index contributed by atoms with van der Waals surface area (Å²) in [6, 6.07) is 21.8. The van der Waals surface area contributed by atoms with Crippen LogP contribution < -0.4 is 10.1 Å². The van der Waals surface area contributed by atoms with Crippen LogP contribution in [0, 0.1) is 6.92 Å². The summed E-state index contributed by atoms with van der Waals surface area (Å²) in [5.74, 6) is -0.566. The molecular weight excluding hydrogens is 476 g/mol. The minimum absolute atomic E-state index is 0.0953. The van der Waals surface area contributed by atoms with Gasteiger partial charge in [0.15, 0.2) is 6.61 Å². The van der Waals surface area contributed by atoms with E-state index >= 15 is 0 Å². The number of carbonyl (C=O) groups excluding carboxylic acids is 1. The molecule has 38 heavy (non-hydrogen) atoms. The van der Waals surface area contributed by atoms with Gasteiger partial charge in [-0.2, -0.15) is 0 Å². The van der Waals surface area contributed by atoms with E-state index in [4.69, 9.17) is 9.84 Å². The van der Waals surface area contributed by atoms with Gasteiger partial charge in [0.05, 0.1) is 6.04 Å². The number of nitrogens with zero attached hydrogens (tertiary/aromatic N) is 1. The predicted molar refractivity (Wildman–Crippen MR) is 151 cm³/mol. The van der Waals surface area contributed by atoms with E-state index in [1.54, 1.807) is 6.07 Å². The van der Waals surface area contributed by atoms with E-state index in [9.17, 15) is 9.59 Å². The smallest absolute Gasteiger partial charge is 0.341 e. The highest BCUT2D eigenvalue weighted by molar-refractivity contribution is 5.99. The number of aliphatic carboxylic acids is 1. The number of fused-ring (bicyclic) bond motifs is 1. The molecule has 1 aromatic heterocycles. The number of nitrogens with one attached hydrogen (secondary N) is 1. The van der Waals surface area contributed by atoms with Crippen LogP contribution in [0.3, 0.4) is 0 Å². The summed E-state index contributed by atoms with van der Waals surface area (Å²) in [5.41, 5.74) is 7.35. The van der Waals surface area contributed by atoms with Crippen LogP contribution in [0.2, 0.25) is 0 Å². The van der Waals surface area contributed by atoms with Crippen LogP contribution in [0.5, 0.6) is 5.75 Å². The lowest BCUT2D eigenvalue weighted by Crippen LogP contribution is -2.26.